The molecule has 1 aromatic heterocycles. The van der Waals surface area contributed by atoms with E-state index in [1.165, 1.54) is 23.1 Å². The molecule has 1 unspecified atom stereocenters. The Bertz CT molecular complexity index is 1200. The van der Waals surface area contributed by atoms with Gasteiger partial charge in [-0.2, -0.15) is 0 Å². The van der Waals surface area contributed by atoms with E-state index in [9.17, 15) is 9.59 Å². The van der Waals surface area contributed by atoms with Crippen LogP contribution >= 0.6 is 23.1 Å². The van der Waals surface area contributed by atoms with Crippen LogP contribution in [0.5, 0.6) is 0 Å². The molecule has 156 valence electrons. The molecule has 0 fully saturated rings. The molecule has 3 aromatic carbocycles. The molecule has 2 N–H and O–H groups in total. The Morgan fingerprint density at radius 1 is 0.935 bits per heavy atom. The Balaban J connectivity index is 1.46. The maximum Gasteiger partial charge on any atom is 0.265 e. The lowest BCUT2D eigenvalue weighted by Gasteiger charge is -2.16. The standard InChI is InChI=1S/C25H22N2O2S2/c1-2-22(24(28)27-21-13-5-9-17-8-3-4-12-20(17)21)31-19-11-6-10-18(16-19)26-25(29)23-14-7-15-30-23/h3-16,22H,2H2,1H3,(H,26,29)(H,27,28). The molecule has 2 amide bonds. The van der Waals surface area contributed by atoms with E-state index < -0.39 is 0 Å². The molecule has 0 saturated carbocycles. The summed E-state index contributed by atoms with van der Waals surface area (Å²) in [6.45, 7) is 2.00. The highest BCUT2D eigenvalue weighted by Gasteiger charge is 2.19. The Hall–Kier alpha value is -3.09. The number of benzene rings is 3. The van der Waals surface area contributed by atoms with Crippen LogP contribution in [0.1, 0.15) is 23.0 Å². The molecule has 1 atom stereocenters. The third-order valence-corrected chi connectivity index (χ3v) is 7.05. The second-order valence-corrected chi connectivity index (χ2v) is 9.21. The van der Waals surface area contributed by atoms with Crippen LogP contribution in [0.25, 0.3) is 10.8 Å². The van der Waals surface area contributed by atoms with E-state index in [4.69, 9.17) is 0 Å². The molecule has 4 nitrogen and oxygen atoms in total. The van der Waals surface area contributed by atoms with Crippen molar-refractivity contribution in [1.29, 1.82) is 0 Å². The molecule has 4 rings (SSSR count). The normalized spacial score (nSPS) is 11.8. The van der Waals surface area contributed by atoms with Gasteiger partial charge in [0.2, 0.25) is 5.91 Å². The van der Waals surface area contributed by atoms with Crippen molar-refractivity contribution in [3.05, 3.63) is 89.1 Å². The molecule has 1 heterocycles. The minimum atomic E-state index is -0.248. The lowest BCUT2D eigenvalue weighted by Crippen LogP contribution is -2.24. The number of carbonyl (C=O) groups excluding carboxylic acids is 2. The zero-order valence-corrected chi connectivity index (χ0v) is 18.6. The molecule has 0 radical (unpaired) electrons. The molecular weight excluding hydrogens is 424 g/mol. The minimum absolute atomic E-state index is 0.0307. The molecule has 0 aliphatic carbocycles. The summed E-state index contributed by atoms with van der Waals surface area (Å²) < 4.78 is 0. The van der Waals surface area contributed by atoms with E-state index >= 15 is 0 Å². The van der Waals surface area contributed by atoms with Gasteiger partial charge in [0.1, 0.15) is 0 Å². The molecule has 0 aliphatic heterocycles. The number of fused-ring (bicyclic) bond motifs is 1. The lowest BCUT2D eigenvalue weighted by molar-refractivity contribution is -0.115. The molecule has 31 heavy (non-hydrogen) atoms. The third kappa shape index (κ3) is 5.16. The van der Waals surface area contributed by atoms with Gasteiger partial charge in [0.05, 0.1) is 10.1 Å². The zero-order chi connectivity index (χ0) is 21.6. The first-order valence-electron chi connectivity index (χ1n) is 10.0. The fraction of sp³-hybridized carbons (Fsp3) is 0.120. The van der Waals surface area contributed by atoms with Crippen molar-refractivity contribution in [2.75, 3.05) is 10.6 Å². The van der Waals surface area contributed by atoms with E-state index in [-0.39, 0.29) is 17.1 Å². The molecule has 0 saturated heterocycles. The lowest BCUT2D eigenvalue weighted by atomic mass is 10.1. The van der Waals surface area contributed by atoms with Crippen LogP contribution in [0.3, 0.4) is 0 Å². The maximum atomic E-state index is 13.0. The fourth-order valence-corrected chi connectivity index (χ4v) is 4.91. The monoisotopic (exact) mass is 446 g/mol. The van der Waals surface area contributed by atoms with E-state index in [0.717, 1.165) is 21.4 Å². The Morgan fingerprint density at radius 3 is 2.55 bits per heavy atom. The number of rotatable bonds is 7. The Labute approximate surface area is 189 Å². The van der Waals surface area contributed by atoms with Crippen LogP contribution in [0.2, 0.25) is 0 Å². The first-order chi connectivity index (χ1) is 15.1. The summed E-state index contributed by atoms with van der Waals surface area (Å²) in [6.07, 6.45) is 0.688. The Morgan fingerprint density at radius 2 is 1.74 bits per heavy atom. The highest BCUT2D eigenvalue weighted by Crippen LogP contribution is 2.30. The molecule has 0 aliphatic rings. The number of hydrogen-bond acceptors (Lipinski definition) is 4. The summed E-state index contributed by atoms with van der Waals surface area (Å²) >= 11 is 2.90. The number of carbonyl (C=O) groups is 2. The van der Waals surface area contributed by atoms with Crippen molar-refractivity contribution in [2.45, 2.75) is 23.5 Å². The number of thiophene rings is 1. The summed E-state index contributed by atoms with van der Waals surface area (Å²) in [5.41, 5.74) is 1.53. The van der Waals surface area contributed by atoms with Crippen LogP contribution in [0.15, 0.2) is 89.1 Å². The van der Waals surface area contributed by atoms with Crippen molar-refractivity contribution >= 4 is 57.1 Å². The van der Waals surface area contributed by atoms with Gasteiger partial charge < -0.3 is 10.6 Å². The highest BCUT2D eigenvalue weighted by molar-refractivity contribution is 8.00. The van der Waals surface area contributed by atoms with Crippen molar-refractivity contribution in [1.82, 2.24) is 0 Å². The van der Waals surface area contributed by atoms with Gasteiger partial charge in [-0.05, 0) is 47.5 Å². The van der Waals surface area contributed by atoms with E-state index in [2.05, 4.69) is 10.6 Å². The van der Waals surface area contributed by atoms with Gasteiger partial charge in [-0.1, -0.05) is 55.5 Å². The van der Waals surface area contributed by atoms with Crippen LogP contribution in [0.4, 0.5) is 11.4 Å². The minimum Gasteiger partial charge on any atom is -0.325 e. The first kappa shape index (κ1) is 21.2. The van der Waals surface area contributed by atoms with E-state index in [1.54, 1.807) is 6.07 Å². The summed E-state index contributed by atoms with van der Waals surface area (Å²) in [5, 5.41) is 9.76. The number of nitrogens with one attached hydrogen (secondary N) is 2. The number of hydrogen-bond donors (Lipinski definition) is 2. The molecule has 0 bridgehead atoms. The van der Waals surface area contributed by atoms with Gasteiger partial charge >= 0.3 is 0 Å². The van der Waals surface area contributed by atoms with Gasteiger partial charge in [0, 0.05) is 21.7 Å². The average molecular weight is 447 g/mol. The van der Waals surface area contributed by atoms with Gasteiger partial charge in [0.15, 0.2) is 0 Å². The van der Waals surface area contributed by atoms with Gasteiger partial charge in [-0.25, -0.2) is 0 Å². The van der Waals surface area contributed by atoms with Crippen LogP contribution < -0.4 is 10.6 Å². The van der Waals surface area contributed by atoms with Gasteiger partial charge in [-0.3, -0.25) is 9.59 Å². The van der Waals surface area contributed by atoms with E-state index in [0.29, 0.717) is 17.0 Å². The number of thioether (sulfide) groups is 1. The van der Waals surface area contributed by atoms with E-state index in [1.807, 2.05) is 85.1 Å². The van der Waals surface area contributed by atoms with Crippen molar-refractivity contribution in [3.63, 3.8) is 0 Å². The van der Waals surface area contributed by atoms with Gasteiger partial charge in [-0.15, -0.1) is 23.1 Å². The molecular formula is C25H22N2O2S2. The predicted molar refractivity (Wildman–Crippen MR) is 131 cm³/mol. The first-order valence-corrected chi connectivity index (χ1v) is 11.8. The quantitative estimate of drug-likeness (QED) is 0.312. The largest absolute Gasteiger partial charge is 0.325 e. The summed E-state index contributed by atoms with van der Waals surface area (Å²) in [4.78, 5) is 26.9. The third-order valence-electron chi connectivity index (χ3n) is 4.83. The fourth-order valence-electron chi connectivity index (χ4n) is 3.28. The van der Waals surface area contributed by atoms with Gasteiger partial charge in [0.25, 0.3) is 5.91 Å². The maximum absolute atomic E-state index is 13.0. The number of anilines is 2. The molecule has 6 heteroatoms. The van der Waals surface area contributed by atoms with Crippen molar-refractivity contribution < 1.29 is 9.59 Å². The van der Waals surface area contributed by atoms with Crippen LogP contribution in [-0.2, 0) is 4.79 Å². The average Bonchev–Trinajstić information content (AvgIpc) is 3.33. The Kier molecular flexibility index (Phi) is 6.70. The van der Waals surface area contributed by atoms with Crippen molar-refractivity contribution in [2.24, 2.45) is 0 Å². The summed E-state index contributed by atoms with van der Waals surface area (Å²) in [7, 11) is 0. The zero-order valence-electron chi connectivity index (χ0n) is 17.0. The second-order valence-electron chi connectivity index (χ2n) is 6.99. The summed E-state index contributed by atoms with van der Waals surface area (Å²) in [6, 6.07) is 25.2. The predicted octanol–water partition coefficient (Wildman–Crippen LogP) is 6.66. The number of amides is 2. The van der Waals surface area contributed by atoms with Crippen molar-refractivity contribution in [3.8, 4) is 0 Å². The van der Waals surface area contributed by atoms with Crippen LogP contribution in [-0.4, -0.2) is 17.1 Å². The second kappa shape index (κ2) is 9.81. The van der Waals surface area contributed by atoms with Crippen LogP contribution in [0, 0.1) is 0 Å². The summed E-state index contributed by atoms with van der Waals surface area (Å²) in [5.74, 6) is -0.158. The molecule has 4 aromatic rings. The molecule has 0 spiro atoms. The topological polar surface area (TPSA) is 58.2 Å². The highest BCUT2D eigenvalue weighted by atomic mass is 32.2. The smallest absolute Gasteiger partial charge is 0.265 e. The SMILES string of the molecule is CCC(Sc1cccc(NC(=O)c2cccs2)c1)C(=O)Nc1cccc2ccccc12.